The number of aliphatic hydroxyl groups excluding tert-OH is 1. The first-order chi connectivity index (χ1) is 14.1. The number of esters is 1. The first kappa shape index (κ1) is 21.4. The Morgan fingerprint density at radius 3 is 2.63 bits per heavy atom. The molecule has 4 aliphatic rings. The van der Waals surface area contributed by atoms with Crippen LogP contribution in [0.4, 0.5) is 0 Å². The van der Waals surface area contributed by atoms with E-state index in [0.717, 1.165) is 32.1 Å². The minimum absolute atomic E-state index is 0.0856. The van der Waals surface area contributed by atoms with Crippen molar-refractivity contribution in [2.45, 2.75) is 59.2 Å². The number of hydrogen-bond donors (Lipinski definition) is 2. The summed E-state index contributed by atoms with van der Waals surface area (Å²) in [6.45, 7) is 6.30. The van der Waals surface area contributed by atoms with E-state index < -0.39 is 18.9 Å². The predicted molar refractivity (Wildman–Crippen MR) is 109 cm³/mol. The van der Waals surface area contributed by atoms with E-state index in [0.29, 0.717) is 23.7 Å². The number of aliphatic hydroxyl groups is 2. The van der Waals surface area contributed by atoms with Gasteiger partial charge < -0.3 is 14.9 Å². The van der Waals surface area contributed by atoms with Crippen molar-refractivity contribution in [1.82, 2.24) is 0 Å². The Labute approximate surface area is 177 Å². The molecule has 0 aromatic heterocycles. The van der Waals surface area contributed by atoms with Crippen LogP contribution < -0.4 is 0 Å². The summed E-state index contributed by atoms with van der Waals surface area (Å²) >= 11 is 0. The molecule has 0 spiro atoms. The fourth-order valence-corrected chi connectivity index (χ4v) is 7.46. The van der Waals surface area contributed by atoms with Gasteiger partial charge in [-0.15, -0.1) is 0 Å². The van der Waals surface area contributed by atoms with Crippen molar-refractivity contribution in [3.05, 3.63) is 23.8 Å². The molecule has 3 fully saturated rings. The Kier molecular flexibility index (Phi) is 5.30. The molecule has 7 atom stereocenters. The SMILES string of the molecule is C[C@H]1C[C@H]2[C@@H]3CC[C@H](C(=O)COC(=O)C(O)O)[C@@]3(C)CC[C@@H]2[C@@]2(C)C=CC(=O)C=C12. The highest BCUT2D eigenvalue weighted by Gasteiger charge is 2.60. The van der Waals surface area contributed by atoms with E-state index >= 15 is 0 Å². The molecule has 164 valence electrons. The van der Waals surface area contributed by atoms with Crippen LogP contribution in [0.1, 0.15) is 52.9 Å². The van der Waals surface area contributed by atoms with Crippen LogP contribution in [0.25, 0.3) is 0 Å². The Bertz CT molecular complexity index is 826. The molecule has 0 bridgehead atoms. The van der Waals surface area contributed by atoms with E-state index in [2.05, 4.69) is 26.8 Å². The summed E-state index contributed by atoms with van der Waals surface area (Å²) in [6.07, 6.45) is 8.23. The van der Waals surface area contributed by atoms with Crippen LogP contribution in [0.2, 0.25) is 0 Å². The van der Waals surface area contributed by atoms with Gasteiger partial charge in [-0.2, -0.15) is 0 Å². The zero-order valence-electron chi connectivity index (χ0n) is 18.0. The average Bonchev–Trinajstić information content (AvgIpc) is 3.04. The molecule has 2 N–H and O–H groups in total. The van der Waals surface area contributed by atoms with Gasteiger partial charge in [-0.3, -0.25) is 9.59 Å². The maximum atomic E-state index is 12.9. The van der Waals surface area contributed by atoms with E-state index in [-0.39, 0.29) is 28.3 Å². The topological polar surface area (TPSA) is 101 Å². The summed E-state index contributed by atoms with van der Waals surface area (Å²) in [5.74, 6) is 0.352. The van der Waals surface area contributed by atoms with Gasteiger partial charge >= 0.3 is 5.97 Å². The lowest BCUT2D eigenvalue weighted by Crippen LogP contribution is -2.52. The molecular formula is C24H32O6. The lowest BCUT2D eigenvalue weighted by Gasteiger charge is -2.58. The van der Waals surface area contributed by atoms with Crippen molar-refractivity contribution >= 4 is 17.5 Å². The van der Waals surface area contributed by atoms with E-state index in [9.17, 15) is 14.4 Å². The molecule has 0 aliphatic heterocycles. The average molecular weight is 417 g/mol. The predicted octanol–water partition coefficient (Wildman–Crippen LogP) is 2.58. The van der Waals surface area contributed by atoms with Gasteiger partial charge in [0.15, 0.2) is 11.6 Å². The third kappa shape index (κ3) is 3.19. The largest absolute Gasteiger partial charge is 0.454 e. The van der Waals surface area contributed by atoms with Crippen LogP contribution in [-0.4, -0.2) is 40.6 Å². The number of carbonyl (C=O) groups is 3. The van der Waals surface area contributed by atoms with Crippen molar-refractivity contribution in [1.29, 1.82) is 0 Å². The molecule has 6 heteroatoms. The van der Waals surface area contributed by atoms with Crippen LogP contribution in [0.3, 0.4) is 0 Å². The summed E-state index contributed by atoms with van der Waals surface area (Å²) in [5.41, 5.74) is 1.04. The second-order valence-electron chi connectivity index (χ2n) is 10.3. The molecule has 0 aromatic rings. The van der Waals surface area contributed by atoms with Crippen molar-refractivity contribution < 1.29 is 29.3 Å². The van der Waals surface area contributed by atoms with Gasteiger partial charge in [0.2, 0.25) is 0 Å². The monoisotopic (exact) mass is 416 g/mol. The Balaban J connectivity index is 1.54. The summed E-state index contributed by atoms with van der Waals surface area (Å²) in [5, 5.41) is 17.7. The number of rotatable bonds is 4. The zero-order valence-corrected chi connectivity index (χ0v) is 18.0. The maximum absolute atomic E-state index is 12.9. The number of fused-ring (bicyclic) bond motifs is 5. The van der Waals surface area contributed by atoms with Crippen LogP contribution in [0.15, 0.2) is 23.8 Å². The summed E-state index contributed by atoms with van der Waals surface area (Å²) in [4.78, 5) is 36.2. The number of allylic oxidation sites excluding steroid dienone is 4. The van der Waals surface area contributed by atoms with Crippen LogP contribution in [-0.2, 0) is 19.1 Å². The third-order valence-electron chi connectivity index (χ3n) is 8.83. The van der Waals surface area contributed by atoms with Gasteiger partial charge in [0, 0.05) is 11.3 Å². The van der Waals surface area contributed by atoms with Crippen LogP contribution in [0, 0.1) is 40.4 Å². The molecule has 0 saturated heterocycles. The fourth-order valence-electron chi connectivity index (χ4n) is 7.46. The highest BCUT2D eigenvalue weighted by atomic mass is 16.6. The molecule has 30 heavy (non-hydrogen) atoms. The first-order valence-electron chi connectivity index (χ1n) is 11.1. The minimum atomic E-state index is -2.21. The van der Waals surface area contributed by atoms with Gasteiger partial charge in [0.1, 0.15) is 6.61 Å². The molecule has 0 radical (unpaired) electrons. The number of Topliss-reactive ketones (excluding diaryl/α,β-unsaturated/α-hetero) is 1. The smallest absolute Gasteiger partial charge is 0.363 e. The molecule has 6 nitrogen and oxygen atoms in total. The number of hydrogen-bond acceptors (Lipinski definition) is 6. The number of carbonyl (C=O) groups excluding carboxylic acids is 3. The second kappa shape index (κ2) is 7.41. The van der Waals surface area contributed by atoms with E-state index in [4.69, 9.17) is 14.9 Å². The van der Waals surface area contributed by atoms with Crippen molar-refractivity contribution in [2.24, 2.45) is 40.4 Å². The Hall–Kier alpha value is -1.79. The lowest BCUT2D eigenvalue weighted by molar-refractivity contribution is -0.175. The fraction of sp³-hybridized carbons (Fsp3) is 0.708. The molecule has 0 aromatic carbocycles. The molecular weight excluding hydrogens is 384 g/mol. The normalized spacial score (nSPS) is 42.3. The molecule has 0 amide bonds. The van der Waals surface area contributed by atoms with Crippen molar-refractivity contribution in [2.75, 3.05) is 6.61 Å². The van der Waals surface area contributed by atoms with Crippen LogP contribution >= 0.6 is 0 Å². The summed E-state index contributed by atoms with van der Waals surface area (Å²) in [6, 6.07) is 0. The van der Waals surface area contributed by atoms with Gasteiger partial charge in [0.25, 0.3) is 6.29 Å². The lowest BCUT2D eigenvalue weighted by atomic mass is 9.46. The van der Waals surface area contributed by atoms with E-state index in [1.54, 1.807) is 6.08 Å². The first-order valence-corrected chi connectivity index (χ1v) is 11.1. The maximum Gasteiger partial charge on any atom is 0.363 e. The van der Waals surface area contributed by atoms with E-state index in [1.807, 2.05) is 6.08 Å². The van der Waals surface area contributed by atoms with Gasteiger partial charge in [-0.1, -0.05) is 32.4 Å². The highest BCUT2D eigenvalue weighted by Crippen LogP contribution is 2.66. The number of ketones is 2. The Morgan fingerprint density at radius 2 is 1.93 bits per heavy atom. The summed E-state index contributed by atoms with van der Waals surface area (Å²) in [7, 11) is 0. The number of ether oxygens (including phenoxy) is 1. The van der Waals surface area contributed by atoms with Gasteiger partial charge in [-0.05, 0) is 73.3 Å². The quantitative estimate of drug-likeness (QED) is 0.540. The van der Waals surface area contributed by atoms with Gasteiger partial charge in [-0.25, -0.2) is 4.79 Å². The van der Waals surface area contributed by atoms with Crippen molar-refractivity contribution in [3.63, 3.8) is 0 Å². The minimum Gasteiger partial charge on any atom is -0.454 e. The summed E-state index contributed by atoms with van der Waals surface area (Å²) < 4.78 is 4.79. The zero-order chi connectivity index (χ0) is 21.8. The van der Waals surface area contributed by atoms with Gasteiger partial charge in [0.05, 0.1) is 0 Å². The highest BCUT2D eigenvalue weighted by molar-refractivity contribution is 6.01. The molecule has 4 aliphatic carbocycles. The van der Waals surface area contributed by atoms with E-state index in [1.165, 1.54) is 5.57 Å². The molecule has 0 unspecified atom stereocenters. The molecule has 0 heterocycles. The Morgan fingerprint density at radius 1 is 1.20 bits per heavy atom. The third-order valence-corrected chi connectivity index (χ3v) is 8.83. The molecule has 3 saturated carbocycles. The standard InChI is InChI=1S/C24H32O6/c1-13-10-15-16-4-5-18(20(26)12-30-22(29)21(27)28)23(16,2)9-7-17(15)24(3)8-6-14(25)11-19(13)24/h6,8,11,13,15-18,21,27-28H,4-5,7,9-10,12H2,1-3H3/t13-,15-,16-,17-,18+,23-,24+/m0/s1. The van der Waals surface area contributed by atoms with Crippen molar-refractivity contribution in [3.8, 4) is 0 Å². The molecule has 4 rings (SSSR count). The van der Waals surface area contributed by atoms with Crippen LogP contribution in [0.5, 0.6) is 0 Å². The second-order valence-corrected chi connectivity index (χ2v) is 10.3.